The lowest BCUT2D eigenvalue weighted by Crippen LogP contribution is -2.12. The van der Waals surface area contributed by atoms with E-state index in [1.165, 1.54) is 0 Å². The molecule has 0 aromatic carbocycles. The zero-order chi connectivity index (χ0) is 8.04. The minimum absolute atomic E-state index is 0.239. The molecular formula is C9H17N. The Morgan fingerprint density at radius 1 is 1.50 bits per heavy atom. The Hall–Kier alpha value is -0.590. The summed E-state index contributed by atoms with van der Waals surface area (Å²) in [5.41, 5.74) is 0.239. The van der Waals surface area contributed by atoms with Crippen molar-refractivity contribution >= 4 is 6.21 Å². The fourth-order valence-electron chi connectivity index (χ4n) is 0.888. The van der Waals surface area contributed by atoms with Crippen LogP contribution in [-0.2, 0) is 0 Å². The molecule has 0 unspecified atom stereocenters. The average Bonchev–Trinajstić information content (AvgIpc) is 1.84. The second-order valence-electron chi connectivity index (χ2n) is 3.20. The molecule has 0 radical (unpaired) electrons. The lowest BCUT2D eigenvalue weighted by Gasteiger charge is -2.16. The van der Waals surface area contributed by atoms with E-state index >= 15 is 0 Å². The first-order chi connectivity index (χ1) is 4.62. The summed E-state index contributed by atoms with van der Waals surface area (Å²) in [6.45, 7) is 8.05. The highest BCUT2D eigenvalue weighted by molar-refractivity contribution is 5.64. The van der Waals surface area contributed by atoms with Gasteiger partial charge in [-0.05, 0) is 18.3 Å². The number of nitrogens with zero attached hydrogens (tertiary/aromatic N) is 1. The lowest BCUT2D eigenvalue weighted by molar-refractivity contribution is 0.492. The fourth-order valence-corrected chi connectivity index (χ4v) is 0.888. The first kappa shape index (κ1) is 9.41. The topological polar surface area (TPSA) is 12.4 Å². The summed E-state index contributed by atoms with van der Waals surface area (Å²) < 4.78 is 0. The average molecular weight is 139 g/mol. The summed E-state index contributed by atoms with van der Waals surface area (Å²) in [6.07, 6.45) is 6.15. The molecule has 0 aliphatic carbocycles. The van der Waals surface area contributed by atoms with Gasteiger partial charge in [-0.25, -0.2) is 0 Å². The van der Waals surface area contributed by atoms with Crippen LogP contribution in [0.3, 0.4) is 0 Å². The van der Waals surface area contributed by atoms with Gasteiger partial charge in [0.25, 0.3) is 0 Å². The first-order valence-corrected chi connectivity index (χ1v) is 3.66. The van der Waals surface area contributed by atoms with Crippen LogP contribution >= 0.6 is 0 Å². The van der Waals surface area contributed by atoms with E-state index in [0.29, 0.717) is 0 Å². The van der Waals surface area contributed by atoms with E-state index in [4.69, 9.17) is 0 Å². The normalized spacial score (nSPS) is 12.3. The summed E-state index contributed by atoms with van der Waals surface area (Å²) in [5, 5.41) is 0. The summed E-state index contributed by atoms with van der Waals surface area (Å²) in [7, 11) is 1.82. The first-order valence-electron chi connectivity index (χ1n) is 3.66. The van der Waals surface area contributed by atoms with Crippen LogP contribution < -0.4 is 0 Å². The maximum absolute atomic E-state index is 4.00. The third kappa shape index (κ3) is 4.30. The molecule has 58 valence electrons. The molecule has 0 saturated carbocycles. The predicted octanol–water partition coefficient (Wildman–Crippen LogP) is 2.68. The van der Waals surface area contributed by atoms with E-state index in [1.54, 1.807) is 0 Å². The summed E-state index contributed by atoms with van der Waals surface area (Å²) in [5.74, 6) is 0. The molecule has 0 aliphatic heterocycles. The number of allylic oxidation sites excluding steroid dienone is 1. The summed E-state index contributed by atoms with van der Waals surface area (Å²) in [4.78, 5) is 4.00. The summed E-state index contributed by atoms with van der Waals surface area (Å²) >= 11 is 0. The van der Waals surface area contributed by atoms with E-state index in [-0.39, 0.29) is 5.41 Å². The third-order valence-electron chi connectivity index (χ3n) is 1.47. The van der Waals surface area contributed by atoms with Crippen LogP contribution in [0.5, 0.6) is 0 Å². The van der Waals surface area contributed by atoms with Crippen molar-refractivity contribution in [2.24, 2.45) is 10.4 Å². The predicted molar refractivity (Wildman–Crippen MR) is 47.6 cm³/mol. The Bertz CT molecular complexity index is 123. The van der Waals surface area contributed by atoms with Gasteiger partial charge in [0.2, 0.25) is 0 Å². The van der Waals surface area contributed by atoms with Crippen molar-refractivity contribution in [3.05, 3.63) is 12.7 Å². The third-order valence-corrected chi connectivity index (χ3v) is 1.47. The van der Waals surface area contributed by atoms with Crippen molar-refractivity contribution in [1.82, 2.24) is 0 Å². The second-order valence-corrected chi connectivity index (χ2v) is 3.20. The van der Waals surface area contributed by atoms with Gasteiger partial charge in [-0.15, -0.1) is 6.58 Å². The van der Waals surface area contributed by atoms with E-state index in [9.17, 15) is 0 Å². The van der Waals surface area contributed by atoms with Crippen LogP contribution in [0.25, 0.3) is 0 Å². The van der Waals surface area contributed by atoms with Crippen LogP contribution in [0.15, 0.2) is 17.6 Å². The molecule has 1 nitrogen and oxygen atoms in total. The number of hydrogen-bond acceptors (Lipinski definition) is 1. The van der Waals surface area contributed by atoms with Crippen molar-refractivity contribution in [3.8, 4) is 0 Å². The van der Waals surface area contributed by atoms with Crippen molar-refractivity contribution in [2.75, 3.05) is 7.05 Å². The quantitative estimate of drug-likeness (QED) is 0.419. The summed E-state index contributed by atoms with van der Waals surface area (Å²) in [6, 6.07) is 0. The molecule has 0 fully saturated rings. The van der Waals surface area contributed by atoms with Crippen LogP contribution in [0, 0.1) is 5.41 Å². The molecule has 0 heterocycles. The SMILES string of the molecule is C=CCCC(C)(C)C=NC. The Labute approximate surface area is 63.9 Å². The highest BCUT2D eigenvalue weighted by Gasteiger charge is 2.12. The molecule has 0 bridgehead atoms. The fraction of sp³-hybridized carbons (Fsp3) is 0.667. The Morgan fingerprint density at radius 3 is 2.50 bits per heavy atom. The van der Waals surface area contributed by atoms with Gasteiger partial charge in [-0.1, -0.05) is 19.9 Å². The van der Waals surface area contributed by atoms with Gasteiger partial charge in [0.1, 0.15) is 0 Å². The largest absolute Gasteiger partial charge is 0.300 e. The molecule has 0 atom stereocenters. The standard InChI is InChI=1S/C9H17N/c1-5-6-7-9(2,3)8-10-4/h5,8H,1,6-7H2,2-4H3. The molecule has 0 aliphatic rings. The van der Waals surface area contributed by atoms with Crippen molar-refractivity contribution in [1.29, 1.82) is 0 Å². The molecular weight excluding hydrogens is 122 g/mol. The molecule has 0 aromatic heterocycles. The van der Waals surface area contributed by atoms with Gasteiger partial charge in [0.05, 0.1) is 0 Å². The van der Waals surface area contributed by atoms with Crippen molar-refractivity contribution < 1.29 is 0 Å². The van der Waals surface area contributed by atoms with Gasteiger partial charge in [0, 0.05) is 13.3 Å². The molecule has 0 aromatic rings. The van der Waals surface area contributed by atoms with Gasteiger partial charge >= 0.3 is 0 Å². The number of rotatable bonds is 4. The van der Waals surface area contributed by atoms with Crippen LogP contribution in [0.2, 0.25) is 0 Å². The minimum atomic E-state index is 0.239. The number of aliphatic imine (C=N–C) groups is 1. The number of hydrogen-bond donors (Lipinski definition) is 0. The van der Waals surface area contributed by atoms with Gasteiger partial charge < -0.3 is 4.99 Å². The Morgan fingerprint density at radius 2 is 2.10 bits per heavy atom. The van der Waals surface area contributed by atoms with Crippen molar-refractivity contribution in [3.63, 3.8) is 0 Å². The maximum atomic E-state index is 4.00. The zero-order valence-electron chi connectivity index (χ0n) is 7.22. The maximum Gasteiger partial charge on any atom is 0.0273 e. The van der Waals surface area contributed by atoms with E-state index in [0.717, 1.165) is 12.8 Å². The molecule has 0 spiro atoms. The molecule has 0 amide bonds. The highest BCUT2D eigenvalue weighted by Crippen LogP contribution is 2.19. The molecule has 0 saturated heterocycles. The molecule has 0 N–H and O–H groups in total. The smallest absolute Gasteiger partial charge is 0.0273 e. The van der Waals surface area contributed by atoms with E-state index < -0.39 is 0 Å². The molecule has 10 heavy (non-hydrogen) atoms. The van der Waals surface area contributed by atoms with Crippen molar-refractivity contribution in [2.45, 2.75) is 26.7 Å². The van der Waals surface area contributed by atoms with Crippen LogP contribution in [-0.4, -0.2) is 13.3 Å². The van der Waals surface area contributed by atoms with E-state index in [2.05, 4.69) is 25.4 Å². The molecule has 0 rings (SSSR count). The van der Waals surface area contributed by atoms with Gasteiger partial charge in [-0.2, -0.15) is 0 Å². The van der Waals surface area contributed by atoms with Crippen LogP contribution in [0.4, 0.5) is 0 Å². The van der Waals surface area contributed by atoms with Crippen LogP contribution in [0.1, 0.15) is 26.7 Å². The minimum Gasteiger partial charge on any atom is -0.300 e. The highest BCUT2D eigenvalue weighted by atomic mass is 14.6. The lowest BCUT2D eigenvalue weighted by atomic mass is 9.89. The monoisotopic (exact) mass is 139 g/mol. The second kappa shape index (κ2) is 4.26. The van der Waals surface area contributed by atoms with E-state index in [1.807, 2.05) is 19.3 Å². The Balaban J connectivity index is 3.73. The van der Waals surface area contributed by atoms with Gasteiger partial charge in [-0.3, -0.25) is 0 Å². The zero-order valence-corrected chi connectivity index (χ0v) is 7.22. The van der Waals surface area contributed by atoms with Gasteiger partial charge in [0.15, 0.2) is 0 Å². The Kier molecular flexibility index (Phi) is 4.01. The molecule has 1 heteroatoms.